The van der Waals surface area contributed by atoms with Crippen LogP contribution in [0, 0.1) is 13.8 Å². The maximum Gasteiger partial charge on any atom is 0.0572 e. The van der Waals surface area contributed by atoms with Crippen LogP contribution < -0.4 is 5.48 Å². The minimum absolute atomic E-state index is 0.768. The van der Waals surface area contributed by atoms with Gasteiger partial charge in [0.15, 0.2) is 0 Å². The fourth-order valence-electron chi connectivity index (χ4n) is 1.26. The largest absolute Gasteiger partial charge is 0.352 e. The molecule has 1 aromatic heterocycles. The zero-order valence-electron chi connectivity index (χ0n) is 8.14. The Balaban J connectivity index is 2.79. The van der Waals surface area contributed by atoms with Crippen molar-refractivity contribution >= 4 is 0 Å². The van der Waals surface area contributed by atoms with Crippen molar-refractivity contribution in [2.45, 2.75) is 20.4 Å². The normalized spacial score (nSPS) is 10.7. The molecular formula is C9H16N2O. The minimum Gasteiger partial charge on any atom is -0.352 e. The van der Waals surface area contributed by atoms with Crippen LogP contribution in [-0.4, -0.2) is 11.7 Å². The Hall–Kier alpha value is -0.800. The fraction of sp³-hybridized carbons (Fsp3) is 0.556. The van der Waals surface area contributed by atoms with Gasteiger partial charge in [0.25, 0.3) is 0 Å². The van der Waals surface area contributed by atoms with E-state index in [1.54, 1.807) is 7.11 Å². The lowest BCUT2D eigenvalue weighted by atomic mass is 10.2. The number of nitrogens with zero attached hydrogens (tertiary/aromatic N) is 1. The SMILES string of the molecule is CONCc1cc(C)n(C)c1C. The van der Waals surface area contributed by atoms with E-state index in [2.05, 4.69) is 37.0 Å². The maximum absolute atomic E-state index is 4.79. The minimum atomic E-state index is 0.768. The summed E-state index contributed by atoms with van der Waals surface area (Å²) in [5.41, 5.74) is 6.69. The van der Waals surface area contributed by atoms with Gasteiger partial charge < -0.3 is 9.40 Å². The highest BCUT2D eigenvalue weighted by molar-refractivity contribution is 5.25. The standard InChI is InChI=1S/C9H16N2O/c1-7-5-9(6-10-12-4)8(2)11(7)3/h5,10H,6H2,1-4H3. The van der Waals surface area contributed by atoms with Crippen LogP contribution in [0.4, 0.5) is 0 Å². The first kappa shape index (κ1) is 9.29. The Kier molecular flexibility index (Phi) is 2.89. The van der Waals surface area contributed by atoms with Gasteiger partial charge in [-0.2, -0.15) is 5.48 Å². The molecule has 68 valence electrons. The van der Waals surface area contributed by atoms with E-state index in [4.69, 9.17) is 4.84 Å². The molecule has 0 saturated carbocycles. The molecule has 0 aromatic carbocycles. The van der Waals surface area contributed by atoms with E-state index in [9.17, 15) is 0 Å². The van der Waals surface area contributed by atoms with E-state index in [0.29, 0.717) is 0 Å². The summed E-state index contributed by atoms with van der Waals surface area (Å²) >= 11 is 0. The smallest absolute Gasteiger partial charge is 0.0572 e. The van der Waals surface area contributed by atoms with Gasteiger partial charge in [-0.05, 0) is 25.5 Å². The lowest BCUT2D eigenvalue weighted by Crippen LogP contribution is -2.11. The third-order valence-corrected chi connectivity index (χ3v) is 2.29. The Morgan fingerprint density at radius 3 is 2.58 bits per heavy atom. The van der Waals surface area contributed by atoms with Crippen LogP contribution >= 0.6 is 0 Å². The fourth-order valence-corrected chi connectivity index (χ4v) is 1.26. The summed E-state index contributed by atoms with van der Waals surface area (Å²) in [4.78, 5) is 4.79. The first-order valence-electron chi connectivity index (χ1n) is 4.04. The molecule has 1 rings (SSSR count). The molecule has 1 N–H and O–H groups in total. The molecule has 0 radical (unpaired) electrons. The Bertz CT molecular complexity index is 266. The predicted octanol–water partition coefficient (Wildman–Crippen LogP) is 1.29. The van der Waals surface area contributed by atoms with Gasteiger partial charge in [0.1, 0.15) is 0 Å². The van der Waals surface area contributed by atoms with Crippen LogP contribution in [0.25, 0.3) is 0 Å². The van der Waals surface area contributed by atoms with Crippen LogP contribution in [0.2, 0.25) is 0 Å². The average Bonchev–Trinajstić information content (AvgIpc) is 2.30. The molecular weight excluding hydrogens is 152 g/mol. The molecule has 3 heteroatoms. The summed E-state index contributed by atoms with van der Waals surface area (Å²) in [6.07, 6.45) is 0. The van der Waals surface area contributed by atoms with Crippen LogP contribution in [0.15, 0.2) is 6.07 Å². The number of hydrogen-bond acceptors (Lipinski definition) is 2. The van der Waals surface area contributed by atoms with Crippen LogP contribution in [-0.2, 0) is 18.4 Å². The predicted molar refractivity (Wildman–Crippen MR) is 48.7 cm³/mol. The highest BCUT2D eigenvalue weighted by atomic mass is 16.6. The molecule has 0 bridgehead atoms. The molecule has 0 aliphatic carbocycles. The second-order valence-corrected chi connectivity index (χ2v) is 2.98. The summed E-state index contributed by atoms with van der Waals surface area (Å²) < 4.78 is 2.17. The van der Waals surface area contributed by atoms with E-state index in [0.717, 1.165) is 6.54 Å². The van der Waals surface area contributed by atoms with Gasteiger partial charge in [-0.15, -0.1) is 0 Å². The van der Waals surface area contributed by atoms with Crippen molar-refractivity contribution in [3.8, 4) is 0 Å². The van der Waals surface area contributed by atoms with Gasteiger partial charge in [0.2, 0.25) is 0 Å². The third kappa shape index (κ3) is 1.68. The molecule has 12 heavy (non-hydrogen) atoms. The van der Waals surface area contributed by atoms with E-state index in [1.807, 2.05) is 0 Å². The Labute approximate surface area is 73.3 Å². The van der Waals surface area contributed by atoms with E-state index in [1.165, 1.54) is 17.0 Å². The number of aryl methyl sites for hydroxylation is 1. The molecule has 0 unspecified atom stereocenters. The molecule has 0 amide bonds. The van der Waals surface area contributed by atoms with Crippen molar-refractivity contribution in [2.24, 2.45) is 7.05 Å². The van der Waals surface area contributed by atoms with Crippen LogP contribution in [0.1, 0.15) is 17.0 Å². The van der Waals surface area contributed by atoms with Crippen molar-refractivity contribution in [1.82, 2.24) is 10.0 Å². The third-order valence-electron chi connectivity index (χ3n) is 2.29. The molecule has 0 aliphatic rings. The molecule has 0 saturated heterocycles. The highest BCUT2D eigenvalue weighted by Gasteiger charge is 2.04. The Morgan fingerprint density at radius 1 is 1.50 bits per heavy atom. The first-order valence-corrected chi connectivity index (χ1v) is 4.04. The monoisotopic (exact) mass is 168 g/mol. The maximum atomic E-state index is 4.79. The van der Waals surface area contributed by atoms with Crippen molar-refractivity contribution in [3.63, 3.8) is 0 Å². The van der Waals surface area contributed by atoms with Gasteiger partial charge >= 0.3 is 0 Å². The Morgan fingerprint density at radius 2 is 2.17 bits per heavy atom. The van der Waals surface area contributed by atoms with Crippen LogP contribution in [0.3, 0.4) is 0 Å². The van der Waals surface area contributed by atoms with Crippen molar-refractivity contribution in [1.29, 1.82) is 0 Å². The number of hydrogen-bond donors (Lipinski definition) is 1. The van der Waals surface area contributed by atoms with Crippen LogP contribution in [0.5, 0.6) is 0 Å². The summed E-state index contributed by atoms with van der Waals surface area (Å²) in [7, 11) is 3.70. The number of rotatable bonds is 3. The van der Waals surface area contributed by atoms with Gasteiger partial charge in [0.05, 0.1) is 7.11 Å². The van der Waals surface area contributed by atoms with Gasteiger partial charge in [-0.3, -0.25) is 0 Å². The van der Waals surface area contributed by atoms with Gasteiger partial charge in [-0.25, -0.2) is 0 Å². The zero-order chi connectivity index (χ0) is 9.14. The molecule has 0 fully saturated rings. The van der Waals surface area contributed by atoms with E-state index in [-0.39, 0.29) is 0 Å². The highest BCUT2D eigenvalue weighted by Crippen LogP contribution is 2.12. The second-order valence-electron chi connectivity index (χ2n) is 2.98. The number of aromatic nitrogens is 1. The number of hydroxylamine groups is 1. The molecule has 0 spiro atoms. The summed E-state index contributed by atoms with van der Waals surface area (Å²) in [5.74, 6) is 0. The quantitative estimate of drug-likeness (QED) is 0.688. The second kappa shape index (κ2) is 3.74. The molecule has 0 atom stereocenters. The molecule has 3 nitrogen and oxygen atoms in total. The van der Waals surface area contributed by atoms with Gasteiger partial charge in [0, 0.05) is 25.0 Å². The molecule has 1 aromatic rings. The lowest BCUT2D eigenvalue weighted by molar-refractivity contribution is 0.0866. The van der Waals surface area contributed by atoms with Crippen molar-refractivity contribution in [3.05, 3.63) is 23.0 Å². The van der Waals surface area contributed by atoms with Crippen molar-refractivity contribution in [2.75, 3.05) is 7.11 Å². The molecule has 1 heterocycles. The first-order chi connectivity index (χ1) is 5.66. The topological polar surface area (TPSA) is 26.2 Å². The van der Waals surface area contributed by atoms with E-state index >= 15 is 0 Å². The van der Waals surface area contributed by atoms with Gasteiger partial charge in [-0.1, -0.05) is 0 Å². The summed E-state index contributed by atoms with van der Waals surface area (Å²) in [6.45, 7) is 4.98. The summed E-state index contributed by atoms with van der Waals surface area (Å²) in [6, 6.07) is 2.17. The number of nitrogens with one attached hydrogen (secondary N) is 1. The van der Waals surface area contributed by atoms with Crippen molar-refractivity contribution < 1.29 is 4.84 Å². The van der Waals surface area contributed by atoms with E-state index < -0.39 is 0 Å². The lowest BCUT2D eigenvalue weighted by Gasteiger charge is -2.02. The summed E-state index contributed by atoms with van der Waals surface area (Å²) in [5, 5.41) is 0. The zero-order valence-corrected chi connectivity index (χ0v) is 8.14. The molecule has 0 aliphatic heterocycles. The average molecular weight is 168 g/mol.